The van der Waals surface area contributed by atoms with Crippen LogP contribution in [0.25, 0.3) is 6.08 Å². The van der Waals surface area contributed by atoms with Crippen molar-refractivity contribution in [2.45, 2.75) is 11.5 Å². The van der Waals surface area contributed by atoms with Crippen LogP contribution in [0.4, 0.5) is 5.69 Å². The summed E-state index contributed by atoms with van der Waals surface area (Å²) in [5.74, 6) is -0.699. The van der Waals surface area contributed by atoms with Crippen LogP contribution in [0.5, 0.6) is 0 Å². The summed E-state index contributed by atoms with van der Waals surface area (Å²) in [7, 11) is -3.65. The predicted octanol–water partition coefficient (Wildman–Crippen LogP) is 2.37. The van der Waals surface area contributed by atoms with Crippen LogP contribution in [0, 0.1) is 10.1 Å². The van der Waals surface area contributed by atoms with Crippen LogP contribution in [-0.4, -0.2) is 49.9 Å². The molecule has 1 fully saturated rings. The van der Waals surface area contributed by atoms with Gasteiger partial charge < -0.3 is 9.47 Å². The fraction of sp³-hybridized carbons (Fsp3) is 0.250. The number of sulfonamides is 1. The average Bonchev–Trinajstić information content (AvgIpc) is 2.77. The first-order chi connectivity index (χ1) is 14.4. The van der Waals surface area contributed by atoms with Crippen LogP contribution >= 0.6 is 0 Å². The van der Waals surface area contributed by atoms with Crippen LogP contribution < -0.4 is 0 Å². The third-order valence-electron chi connectivity index (χ3n) is 4.42. The number of hydrogen-bond donors (Lipinski definition) is 0. The molecule has 0 unspecified atom stereocenters. The molecule has 30 heavy (non-hydrogen) atoms. The average molecular weight is 432 g/mol. The Labute approximate surface area is 173 Å². The number of rotatable bonds is 7. The smallest absolute Gasteiger partial charge is 0.331 e. The highest BCUT2D eigenvalue weighted by Gasteiger charge is 2.26. The maximum absolute atomic E-state index is 12.7. The lowest BCUT2D eigenvalue weighted by atomic mass is 10.1. The molecule has 0 spiro atoms. The lowest BCUT2D eigenvalue weighted by Gasteiger charge is -2.26. The highest BCUT2D eigenvalue weighted by atomic mass is 32.2. The maximum atomic E-state index is 12.7. The molecule has 0 radical (unpaired) electrons. The third kappa shape index (κ3) is 5.29. The first-order valence-corrected chi connectivity index (χ1v) is 10.6. The Morgan fingerprint density at radius 2 is 1.90 bits per heavy atom. The summed E-state index contributed by atoms with van der Waals surface area (Å²) >= 11 is 0. The topological polar surface area (TPSA) is 116 Å². The number of hydrogen-bond acceptors (Lipinski definition) is 7. The lowest BCUT2D eigenvalue weighted by molar-refractivity contribution is -0.385. The van der Waals surface area contributed by atoms with Crippen molar-refractivity contribution in [3.05, 3.63) is 75.8 Å². The fourth-order valence-electron chi connectivity index (χ4n) is 2.89. The molecule has 0 bridgehead atoms. The maximum Gasteiger partial charge on any atom is 0.331 e. The highest BCUT2D eigenvalue weighted by molar-refractivity contribution is 7.89. The van der Waals surface area contributed by atoms with Crippen LogP contribution in [0.2, 0.25) is 0 Å². The number of carbonyl (C=O) groups is 1. The van der Waals surface area contributed by atoms with Crippen LogP contribution in [0.1, 0.15) is 11.1 Å². The molecule has 3 rings (SSSR count). The molecule has 0 atom stereocenters. The molecule has 1 aliphatic rings. The molecule has 1 aliphatic heterocycles. The second-order valence-corrected chi connectivity index (χ2v) is 8.36. The minimum Gasteiger partial charge on any atom is -0.458 e. The summed E-state index contributed by atoms with van der Waals surface area (Å²) in [4.78, 5) is 22.6. The van der Waals surface area contributed by atoms with Crippen molar-refractivity contribution in [2.75, 3.05) is 26.3 Å². The molecular weight excluding hydrogens is 412 g/mol. The van der Waals surface area contributed by atoms with E-state index < -0.39 is 20.9 Å². The van der Waals surface area contributed by atoms with E-state index in [9.17, 15) is 23.3 Å². The molecule has 158 valence electrons. The normalized spacial score (nSPS) is 15.2. The quantitative estimate of drug-likeness (QED) is 0.285. The predicted molar refractivity (Wildman–Crippen MR) is 108 cm³/mol. The van der Waals surface area contributed by atoms with Gasteiger partial charge in [-0.15, -0.1) is 0 Å². The Hall–Kier alpha value is -3.08. The molecule has 1 heterocycles. The zero-order valence-corrected chi connectivity index (χ0v) is 16.8. The van der Waals surface area contributed by atoms with Crippen molar-refractivity contribution in [2.24, 2.45) is 0 Å². The number of nitrogens with zero attached hydrogens (tertiary/aromatic N) is 2. The second kappa shape index (κ2) is 9.61. The first-order valence-electron chi connectivity index (χ1n) is 9.13. The van der Waals surface area contributed by atoms with Gasteiger partial charge in [0.2, 0.25) is 10.0 Å². The van der Waals surface area contributed by atoms with Gasteiger partial charge in [0, 0.05) is 25.2 Å². The number of ether oxygens (including phenoxy) is 2. The Morgan fingerprint density at radius 3 is 2.63 bits per heavy atom. The summed E-state index contributed by atoms with van der Waals surface area (Å²) in [6.07, 6.45) is 2.40. The molecule has 0 aromatic heterocycles. The number of para-hydroxylation sites is 1. The SMILES string of the molecule is O=C(/C=C/c1ccccc1[N+](=O)[O-])OCc1cccc(S(=O)(=O)N2CCOCC2)c1. The van der Waals surface area contributed by atoms with E-state index in [-0.39, 0.29) is 35.8 Å². The lowest BCUT2D eigenvalue weighted by Crippen LogP contribution is -2.40. The van der Waals surface area contributed by atoms with Crippen molar-refractivity contribution < 1.29 is 27.6 Å². The molecule has 0 aliphatic carbocycles. The van der Waals surface area contributed by atoms with Crippen molar-refractivity contribution in [3.8, 4) is 0 Å². The van der Waals surface area contributed by atoms with E-state index in [1.54, 1.807) is 18.2 Å². The van der Waals surface area contributed by atoms with E-state index in [1.165, 1.54) is 40.7 Å². The standard InChI is InChI=1S/C20H20N2O7S/c23-20(9-8-17-5-1-2-7-19(17)22(24)25)29-15-16-4-3-6-18(14-16)30(26,27)21-10-12-28-13-11-21/h1-9,14H,10-13,15H2/b9-8+. The van der Waals surface area contributed by atoms with Gasteiger partial charge in [-0.2, -0.15) is 4.31 Å². The van der Waals surface area contributed by atoms with Crippen molar-refractivity contribution in [3.63, 3.8) is 0 Å². The monoisotopic (exact) mass is 432 g/mol. The molecule has 10 heteroatoms. The zero-order chi connectivity index (χ0) is 21.6. The van der Waals surface area contributed by atoms with Crippen LogP contribution in [0.15, 0.2) is 59.5 Å². The summed E-state index contributed by atoms with van der Waals surface area (Å²) in [5, 5.41) is 11.0. The molecule has 2 aromatic rings. The van der Waals surface area contributed by atoms with E-state index in [4.69, 9.17) is 9.47 Å². The van der Waals surface area contributed by atoms with Gasteiger partial charge in [-0.05, 0) is 29.8 Å². The van der Waals surface area contributed by atoms with Gasteiger partial charge >= 0.3 is 5.97 Å². The number of morpholine rings is 1. The summed E-state index contributed by atoms with van der Waals surface area (Å²) < 4.78 is 37.1. The number of nitro benzene ring substituents is 1. The van der Waals surface area contributed by atoms with Crippen molar-refractivity contribution in [1.29, 1.82) is 0 Å². The molecular formula is C20H20N2O7S. The molecule has 2 aromatic carbocycles. The van der Waals surface area contributed by atoms with E-state index in [1.807, 2.05) is 0 Å². The fourth-order valence-corrected chi connectivity index (χ4v) is 4.37. The van der Waals surface area contributed by atoms with Gasteiger partial charge in [0.05, 0.1) is 28.6 Å². The van der Waals surface area contributed by atoms with Gasteiger partial charge in [0.15, 0.2) is 0 Å². The number of esters is 1. The Kier molecular flexibility index (Phi) is 6.93. The minimum atomic E-state index is -3.65. The highest BCUT2D eigenvalue weighted by Crippen LogP contribution is 2.20. The second-order valence-electron chi connectivity index (χ2n) is 6.42. The van der Waals surface area contributed by atoms with Gasteiger partial charge in [0.25, 0.3) is 5.69 Å². The molecule has 9 nitrogen and oxygen atoms in total. The number of benzene rings is 2. The van der Waals surface area contributed by atoms with Gasteiger partial charge in [0.1, 0.15) is 6.61 Å². The minimum absolute atomic E-state index is 0.119. The molecule has 0 amide bonds. The van der Waals surface area contributed by atoms with E-state index in [2.05, 4.69) is 0 Å². The number of nitro groups is 1. The molecule has 1 saturated heterocycles. The summed E-state index contributed by atoms with van der Waals surface area (Å²) in [5.41, 5.74) is 0.664. The van der Waals surface area contributed by atoms with Crippen molar-refractivity contribution in [1.82, 2.24) is 4.31 Å². The van der Waals surface area contributed by atoms with Crippen LogP contribution in [0.3, 0.4) is 0 Å². The summed E-state index contributed by atoms with van der Waals surface area (Å²) in [6, 6.07) is 12.2. The van der Waals surface area contributed by atoms with Crippen LogP contribution in [-0.2, 0) is 30.9 Å². The zero-order valence-electron chi connectivity index (χ0n) is 16.0. The van der Waals surface area contributed by atoms with E-state index in [0.717, 1.165) is 6.08 Å². The van der Waals surface area contributed by atoms with Gasteiger partial charge in [-0.3, -0.25) is 10.1 Å². The van der Waals surface area contributed by atoms with Gasteiger partial charge in [-0.1, -0.05) is 24.3 Å². The van der Waals surface area contributed by atoms with Gasteiger partial charge in [-0.25, -0.2) is 13.2 Å². The Morgan fingerprint density at radius 1 is 1.17 bits per heavy atom. The summed E-state index contributed by atoms with van der Waals surface area (Å²) in [6.45, 7) is 1.15. The first kappa shape index (κ1) is 21.6. The molecule has 0 N–H and O–H groups in total. The Bertz CT molecular complexity index is 1060. The number of carbonyl (C=O) groups excluding carboxylic acids is 1. The molecule has 0 saturated carbocycles. The largest absolute Gasteiger partial charge is 0.458 e. The third-order valence-corrected chi connectivity index (χ3v) is 6.31. The van der Waals surface area contributed by atoms with E-state index in [0.29, 0.717) is 18.8 Å². The van der Waals surface area contributed by atoms with Crippen molar-refractivity contribution >= 4 is 27.8 Å². The Balaban J connectivity index is 1.64. The van der Waals surface area contributed by atoms with E-state index >= 15 is 0 Å².